The lowest BCUT2D eigenvalue weighted by Gasteiger charge is -2.18. The number of nitrogens with one attached hydrogen (secondary N) is 2. The maximum absolute atomic E-state index is 13.7. The molecule has 6 heteroatoms. The van der Waals surface area contributed by atoms with Crippen LogP contribution in [0.5, 0.6) is 0 Å². The molecule has 146 valence electrons. The number of hydrogen-bond acceptors (Lipinski definition) is 2. The number of halogens is 2. The molecule has 0 saturated carbocycles. The molecule has 0 bridgehead atoms. The van der Waals surface area contributed by atoms with Crippen LogP contribution in [0.25, 0.3) is 0 Å². The lowest BCUT2D eigenvalue weighted by atomic mass is 10.1. The fourth-order valence-corrected chi connectivity index (χ4v) is 2.73. The van der Waals surface area contributed by atoms with Crippen LogP contribution in [0, 0.1) is 11.6 Å². The Labute approximate surface area is 160 Å². The first-order valence-electron chi connectivity index (χ1n) is 9.24. The zero-order valence-corrected chi connectivity index (χ0v) is 16.2. The highest BCUT2D eigenvalue weighted by Gasteiger charge is 2.06. The van der Waals surface area contributed by atoms with Gasteiger partial charge in [0, 0.05) is 32.2 Å². The van der Waals surface area contributed by atoms with E-state index in [2.05, 4.69) is 58.6 Å². The van der Waals surface area contributed by atoms with Crippen LogP contribution >= 0.6 is 0 Å². The minimum absolute atomic E-state index is 0.159. The molecule has 2 aromatic carbocycles. The summed E-state index contributed by atoms with van der Waals surface area (Å²) >= 11 is 0. The SMILES string of the molecule is CCN(CC)Cc1ccc(CNC(=NC)NCc2cc(F)ccc2F)cc1. The van der Waals surface area contributed by atoms with Crippen molar-refractivity contribution in [1.82, 2.24) is 15.5 Å². The number of guanidine groups is 1. The van der Waals surface area contributed by atoms with E-state index in [1.54, 1.807) is 7.05 Å². The second-order valence-corrected chi connectivity index (χ2v) is 6.29. The summed E-state index contributed by atoms with van der Waals surface area (Å²) < 4.78 is 26.9. The second kappa shape index (κ2) is 10.6. The first kappa shape index (κ1) is 20.8. The molecule has 0 amide bonds. The topological polar surface area (TPSA) is 39.7 Å². The molecule has 0 radical (unpaired) electrons. The monoisotopic (exact) mass is 374 g/mol. The second-order valence-electron chi connectivity index (χ2n) is 6.29. The summed E-state index contributed by atoms with van der Waals surface area (Å²) in [5.41, 5.74) is 2.67. The van der Waals surface area contributed by atoms with Gasteiger partial charge in [-0.1, -0.05) is 38.1 Å². The highest BCUT2D eigenvalue weighted by Crippen LogP contribution is 2.10. The highest BCUT2D eigenvalue weighted by atomic mass is 19.1. The van der Waals surface area contributed by atoms with Gasteiger partial charge in [0.25, 0.3) is 0 Å². The Hall–Kier alpha value is -2.47. The molecule has 2 aromatic rings. The van der Waals surface area contributed by atoms with Crippen molar-refractivity contribution in [3.05, 3.63) is 70.8 Å². The van der Waals surface area contributed by atoms with Gasteiger partial charge in [-0.25, -0.2) is 8.78 Å². The molecule has 0 aliphatic heterocycles. The van der Waals surface area contributed by atoms with Gasteiger partial charge in [0.15, 0.2) is 5.96 Å². The fourth-order valence-electron chi connectivity index (χ4n) is 2.73. The predicted octanol–water partition coefficient (Wildman–Crippen LogP) is 3.67. The van der Waals surface area contributed by atoms with Crippen molar-refractivity contribution in [3.8, 4) is 0 Å². The first-order chi connectivity index (χ1) is 13.0. The van der Waals surface area contributed by atoms with Crippen molar-refractivity contribution < 1.29 is 8.78 Å². The van der Waals surface area contributed by atoms with Crippen LogP contribution in [0.1, 0.15) is 30.5 Å². The number of rotatable bonds is 8. The highest BCUT2D eigenvalue weighted by molar-refractivity contribution is 5.79. The van der Waals surface area contributed by atoms with Crippen molar-refractivity contribution in [3.63, 3.8) is 0 Å². The molecule has 2 N–H and O–H groups in total. The summed E-state index contributed by atoms with van der Waals surface area (Å²) in [5.74, 6) is -0.366. The van der Waals surface area contributed by atoms with E-state index < -0.39 is 11.6 Å². The average Bonchev–Trinajstić information content (AvgIpc) is 2.69. The van der Waals surface area contributed by atoms with Crippen molar-refractivity contribution in [2.24, 2.45) is 4.99 Å². The molecule has 2 rings (SSSR count). The zero-order valence-electron chi connectivity index (χ0n) is 16.2. The van der Waals surface area contributed by atoms with Gasteiger partial charge in [-0.05, 0) is 42.4 Å². The number of nitrogens with zero attached hydrogens (tertiary/aromatic N) is 2. The van der Waals surface area contributed by atoms with Gasteiger partial charge in [0.05, 0.1) is 0 Å². The van der Waals surface area contributed by atoms with Crippen molar-refractivity contribution in [2.75, 3.05) is 20.1 Å². The molecule has 0 atom stereocenters. The molecule has 0 heterocycles. The van der Waals surface area contributed by atoms with Crippen molar-refractivity contribution in [1.29, 1.82) is 0 Å². The maximum Gasteiger partial charge on any atom is 0.191 e. The molecule has 0 aliphatic rings. The van der Waals surface area contributed by atoms with Gasteiger partial charge in [-0.15, -0.1) is 0 Å². The lowest BCUT2D eigenvalue weighted by Crippen LogP contribution is -2.36. The maximum atomic E-state index is 13.7. The van der Waals surface area contributed by atoms with E-state index in [1.165, 1.54) is 11.6 Å². The summed E-state index contributed by atoms with van der Waals surface area (Å²) in [6, 6.07) is 11.9. The Morgan fingerprint density at radius 2 is 1.56 bits per heavy atom. The quantitative estimate of drug-likeness (QED) is 0.547. The Bertz CT molecular complexity index is 740. The van der Waals surface area contributed by atoms with Crippen LogP contribution in [0.3, 0.4) is 0 Å². The third kappa shape index (κ3) is 6.64. The van der Waals surface area contributed by atoms with E-state index in [0.29, 0.717) is 12.5 Å². The molecule has 0 aromatic heterocycles. The van der Waals surface area contributed by atoms with Crippen LogP contribution in [0.4, 0.5) is 8.78 Å². The molecular formula is C21H28F2N4. The van der Waals surface area contributed by atoms with Gasteiger partial charge >= 0.3 is 0 Å². The molecule has 0 fully saturated rings. The molecule has 0 spiro atoms. The Morgan fingerprint density at radius 3 is 2.19 bits per heavy atom. The minimum Gasteiger partial charge on any atom is -0.352 e. The van der Waals surface area contributed by atoms with E-state index in [0.717, 1.165) is 37.3 Å². The lowest BCUT2D eigenvalue weighted by molar-refractivity contribution is 0.296. The van der Waals surface area contributed by atoms with Crippen LogP contribution < -0.4 is 10.6 Å². The van der Waals surface area contributed by atoms with Crippen molar-refractivity contribution >= 4 is 5.96 Å². The van der Waals surface area contributed by atoms with Gasteiger partial charge in [-0.2, -0.15) is 0 Å². The van der Waals surface area contributed by atoms with Crippen LogP contribution in [-0.4, -0.2) is 31.0 Å². The summed E-state index contributed by atoms with van der Waals surface area (Å²) in [6.07, 6.45) is 0. The third-order valence-corrected chi connectivity index (χ3v) is 4.46. The molecule has 0 saturated heterocycles. The normalized spacial score (nSPS) is 11.7. The van der Waals surface area contributed by atoms with Crippen LogP contribution in [0.15, 0.2) is 47.5 Å². The third-order valence-electron chi connectivity index (χ3n) is 4.46. The van der Waals surface area contributed by atoms with E-state index in [1.807, 2.05) is 0 Å². The summed E-state index contributed by atoms with van der Waals surface area (Å²) in [5, 5.41) is 6.19. The van der Waals surface area contributed by atoms with E-state index in [9.17, 15) is 8.78 Å². The number of benzene rings is 2. The van der Waals surface area contributed by atoms with Crippen LogP contribution in [-0.2, 0) is 19.6 Å². The zero-order chi connectivity index (χ0) is 19.6. The Balaban J connectivity index is 1.85. The smallest absolute Gasteiger partial charge is 0.191 e. The van der Waals surface area contributed by atoms with E-state index in [4.69, 9.17) is 0 Å². The average molecular weight is 374 g/mol. The molecular weight excluding hydrogens is 346 g/mol. The number of hydrogen-bond donors (Lipinski definition) is 2. The Kier molecular flexibility index (Phi) is 8.20. The first-order valence-corrected chi connectivity index (χ1v) is 9.24. The van der Waals surface area contributed by atoms with E-state index >= 15 is 0 Å². The summed E-state index contributed by atoms with van der Waals surface area (Å²) in [6.45, 7) is 8.10. The minimum atomic E-state index is -0.457. The van der Waals surface area contributed by atoms with Crippen molar-refractivity contribution in [2.45, 2.75) is 33.5 Å². The van der Waals surface area contributed by atoms with Gasteiger partial charge in [0.2, 0.25) is 0 Å². The van der Waals surface area contributed by atoms with Gasteiger partial charge < -0.3 is 10.6 Å². The molecule has 0 aliphatic carbocycles. The predicted molar refractivity (Wildman–Crippen MR) is 106 cm³/mol. The Morgan fingerprint density at radius 1 is 0.926 bits per heavy atom. The summed E-state index contributed by atoms with van der Waals surface area (Å²) in [7, 11) is 1.64. The van der Waals surface area contributed by atoms with Gasteiger partial charge in [0.1, 0.15) is 11.6 Å². The fraction of sp³-hybridized carbons (Fsp3) is 0.381. The standard InChI is InChI=1S/C21H28F2N4/c1-4-27(5-2)15-17-8-6-16(7-9-17)13-25-21(24-3)26-14-18-12-19(22)10-11-20(18)23/h6-12H,4-5,13-15H2,1-3H3,(H2,24,25,26). The van der Waals surface area contributed by atoms with E-state index in [-0.39, 0.29) is 12.1 Å². The summed E-state index contributed by atoms with van der Waals surface area (Å²) in [4.78, 5) is 6.49. The number of aliphatic imine (C=N–C) groups is 1. The molecule has 0 unspecified atom stereocenters. The largest absolute Gasteiger partial charge is 0.352 e. The van der Waals surface area contributed by atoms with Gasteiger partial charge in [-0.3, -0.25) is 9.89 Å². The molecule has 4 nitrogen and oxygen atoms in total. The van der Waals surface area contributed by atoms with Crippen LogP contribution in [0.2, 0.25) is 0 Å². The molecule has 27 heavy (non-hydrogen) atoms.